The second kappa shape index (κ2) is 11.4. The highest BCUT2D eigenvalue weighted by molar-refractivity contribution is 5.17. The minimum atomic E-state index is 1.06. The summed E-state index contributed by atoms with van der Waals surface area (Å²) in [4.78, 5) is 0. The zero-order chi connectivity index (χ0) is 20.2. The Bertz CT molecular complexity index is 736. The molecule has 0 bridgehead atoms. The van der Waals surface area contributed by atoms with Crippen LogP contribution >= 0.6 is 0 Å². The first-order valence-corrected chi connectivity index (χ1v) is 10.9. The van der Waals surface area contributed by atoms with Crippen LogP contribution in [0.1, 0.15) is 42.9 Å². The van der Waals surface area contributed by atoms with E-state index in [0.29, 0.717) is 0 Å². The van der Waals surface area contributed by atoms with Crippen molar-refractivity contribution in [1.29, 1.82) is 0 Å². The Labute approximate surface area is 176 Å². The van der Waals surface area contributed by atoms with Crippen LogP contribution in [0.15, 0.2) is 103 Å². The van der Waals surface area contributed by atoms with Gasteiger partial charge in [-0.15, -0.1) is 0 Å². The molecule has 0 aliphatic carbocycles. The summed E-state index contributed by atoms with van der Waals surface area (Å²) in [6.07, 6.45) is 8.14. The standard InChI is InChI=1S/C28H34N/c1-2-3-4-5-15-22-29(23-26-16-9-6-10-17-26,24-27-18-11-7-12-19-27)25-28-20-13-8-14-21-28/h2-3,6-14,16-21H,4-5,15,22-25H2,1H3/q+1/b3-2+. The van der Waals surface area contributed by atoms with E-state index in [1.165, 1.54) is 42.5 Å². The molecule has 0 spiro atoms. The lowest BCUT2D eigenvalue weighted by atomic mass is 10.1. The number of rotatable bonds is 11. The van der Waals surface area contributed by atoms with Gasteiger partial charge in [0.05, 0.1) is 6.54 Å². The summed E-state index contributed by atoms with van der Waals surface area (Å²) in [6.45, 7) is 6.49. The fourth-order valence-corrected chi connectivity index (χ4v) is 4.19. The number of quaternary nitrogens is 1. The monoisotopic (exact) mass is 384 g/mol. The SMILES string of the molecule is C/C=C/CCCC[N+](Cc1ccccc1)(Cc1ccccc1)Cc1ccccc1. The third kappa shape index (κ3) is 7.03. The molecule has 0 unspecified atom stereocenters. The molecule has 0 N–H and O–H groups in total. The van der Waals surface area contributed by atoms with Gasteiger partial charge >= 0.3 is 0 Å². The Morgan fingerprint density at radius 2 is 1.00 bits per heavy atom. The molecule has 0 aromatic heterocycles. The van der Waals surface area contributed by atoms with Gasteiger partial charge in [-0.1, -0.05) is 103 Å². The van der Waals surface area contributed by atoms with Crippen LogP contribution in [0, 0.1) is 0 Å². The molecule has 150 valence electrons. The van der Waals surface area contributed by atoms with E-state index in [2.05, 4.69) is 110 Å². The van der Waals surface area contributed by atoms with Crippen molar-refractivity contribution < 1.29 is 4.48 Å². The predicted octanol–water partition coefficient (Wildman–Crippen LogP) is 7.15. The Kier molecular flexibility index (Phi) is 8.27. The van der Waals surface area contributed by atoms with Gasteiger partial charge in [-0.05, 0) is 26.2 Å². The van der Waals surface area contributed by atoms with Crippen LogP contribution in [-0.4, -0.2) is 11.0 Å². The molecular formula is C28H34N+. The van der Waals surface area contributed by atoms with E-state index in [0.717, 1.165) is 24.1 Å². The van der Waals surface area contributed by atoms with Crippen molar-refractivity contribution in [1.82, 2.24) is 0 Å². The van der Waals surface area contributed by atoms with Crippen molar-refractivity contribution in [2.75, 3.05) is 6.54 Å². The molecule has 0 atom stereocenters. The van der Waals surface area contributed by atoms with E-state index < -0.39 is 0 Å². The number of hydrogen-bond donors (Lipinski definition) is 0. The molecule has 3 aromatic carbocycles. The summed E-state index contributed by atoms with van der Waals surface area (Å²) in [5.41, 5.74) is 4.27. The third-order valence-electron chi connectivity index (χ3n) is 5.57. The number of allylic oxidation sites excluding steroid dienone is 2. The highest BCUT2D eigenvalue weighted by atomic mass is 15.3. The molecule has 1 nitrogen and oxygen atoms in total. The first-order valence-electron chi connectivity index (χ1n) is 10.9. The van der Waals surface area contributed by atoms with Gasteiger partial charge in [0.15, 0.2) is 0 Å². The van der Waals surface area contributed by atoms with Crippen molar-refractivity contribution >= 4 is 0 Å². The van der Waals surface area contributed by atoms with Gasteiger partial charge in [0.1, 0.15) is 19.6 Å². The van der Waals surface area contributed by atoms with Gasteiger partial charge in [-0.25, -0.2) is 0 Å². The zero-order valence-electron chi connectivity index (χ0n) is 17.7. The average Bonchev–Trinajstić information content (AvgIpc) is 2.76. The summed E-state index contributed by atoms with van der Waals surface area (Å²) in [5.74, 6) is 0. The van der Waals surface area contributed by atoms with Crippen LogP contribution in [0.5, 0.6) is 0 Å². The fourth-order valence-electron chi connectivity index (χ4n) is 4.19. The highest BCUT2D eigenvalue weighted by Gasteiger charge is 2.28. The average molecular weight is 385 g/mol. The number of benzene rings is 3. The van der Waals surface area contributed by atoms with E-state index in [-0.39, 0.29) is 0 Å². The summed E-state index contributed by atoms with van der Waals surface area (Å²) >= 11 is 0. The first-order chi connectivity index (χ1) is 14.3. The largest absolute Gasteiger partial charge is 0.312 e. The molecule has 29 heavy (non-hydrogen) atoms. The summed E-state index contributed by atoms with van der Waals surface area (Å²) in [5, 5.41) is 0. The molecule has 3 rings (SSSR count). The van der Waals surface area contributed by atoms with Crippen LogP contribution < -0.4 is 0 Å². The molecule has 0 radical (unpaired) electrons. The maximum Gasteiger partial charge on any atom is 0.105 e. The van der Waals surface area contributed by atoms with Crippen LogP contribution in [0.3, 0.4) is 0 Å². The van der Waals surface area contributed by atoms with Crippen molar-refractivity contribution in [2.24, 2.45) is 0 Å². The molecule has 0 fully saturated rings. The lowest BCUT2D eigenvalue weighted by Crippen LogP contribution is -2.46. The Morgan fingerprint density at radius 3 is 1.38 bits per heavy atom. The third-order valence-corrected chi connectivity index (χ3v) is 5.57. The maximum atomic E-state index is 2.29. The van der Waals surface area contributed by atoms with Crippen molar-refractivity contribution in [3.8, 4) is 0 Å². The van der Waals surface area contributed by atoms with Crippen LogP contribution in [-0.2, 0) is 19.6 Å². The topological polar surface area (TPSA) is 0 Å². The fraction of sp³-hybridized carbons (Fsp3) is 0.286. The number of nitrogens with zero attached hydrogens (tertiary/aromatic N) is 1. The smallest absolute Gasteiger partial charge is 0.105 e. The molecular weight excluding hydrogens is 350 g/mol. The number of unbranched alkanes of at least 4 members (excludes halogenated alkanes) is 2. The second-order valence-electron chi connectivity index (χ2n) is 8.06. The van der Waals surface area contributed by atoms with Crippen molar-refractivity contribution in [3.05, 3.63) is 120 Å². The Balaban J connectivity index is 1.88. The predicted molar refractivity (Wildman–Crippen MR) is 124 cm³/mol. The Morgan fingerprint density at radius 1 is 0.586 bits per heavy atom. The van der Waals surface area contributed by atoms with Crippen molar-refractivity contribution in [2.45, 2.75) is 45.8 Å². The molecule has 0 saturated heterocycles. The van der Waals surface area contributed by atoms with Crippen LogP contribution in [0.2, 0.25) is 0 Å². The van der Waals surface area contributed by atoms with E-state index in [1.54, 1.807) is 0 Å². The molecule has 0 heterocycles. The van der Waals surface area contributed by atoms with Gasteiger partial charge < -0.3 is 4.48 Å². The lowest BCUT2D eigenvalue weighted by molar-refractivity contribution is -0.966. The van der Waals surface area contributed by atoms with E-state index in [4.69, 9.17) is 0 Å². The Hall–Kier alpha value is -2.64. The normalized spacial score (nSPS) is 11.8. The van der Waals surface area contributed by atoms with Gasteiger partial charge in [0.25, 0.3) is 0 Å². The summed E-state index contributed by atoms with van der Waals surface area (Å²) in [6, 6.07) is 33.0. The molecule has 0 aliphatic rings. The summed E-state index contributed by atoms with van der Waals surface area (Å²) in [7, 11) is 0. The minimum Gasteiger partial charge on any atom is -0.312 e. The van der Waals surface area contributed by atoms with E-state index >= 15 is 0 Å². The first kappa shape index (κ1) is 21.1. The molecule has 0 saturated carbocycles. The van der Waals surface area contributed by atoms with Crippen LogP contribution in [0.4, 0.5) is 0 Å². The molecule has 0 aliphatic heterocycles. The van der Waals surface area contributed by atoms with Crippen LogP contribution in [0.25, 0.3) is 0 Å². The van der Waals surface area contributed by atoms with Gasteiger partial charge in [-0.2, -0.15) is 0 Å². The maximum absolute atomic E-state index is 2.29. The highest BCUT2D eigenvalue weighted by Crippen LogP contribution is 2.25. The minimum absolute atomic E-state index is 1.06. The van der Waals surface area contributed by atoms with E-state index in [1.807, 2.05) is 0 Å². The van der Waals surface area contributed by atoms with E-state index in [9.17, 15) is 0 Å². The van der Waals surface area contributed by atoms with Gasteiger partial charge in [0, 0.05) is 16.7 Å². The van der Waals surface area contributed by atoms with Gasteiger partial charge in [-0.3, -0.25) is 0 Å². The quantitative estimate of drug-likeness (QED) is 0.187. The lowest BCUT2D eigenvalue weighted by Gasteiger charge is -2.39. The zero-order valence-corrected chi connectivity index (χ0v) is 17.7. The summed E-state index contributed by atoms with van der Waals surface area (Å²) < 4.78 is 1.06. The molecule has 1 heteroatoms. The number of hydrogen-bond acceptors (Lipinski definition) is 0. The van der Waals surface area contributed by atoms with Gasteiger partial charge in [0.2, 0.25) is 0 Å². The van der Waals surface area contributed by atoms with Crippen molar-refractivity contribution in [3.63, 3.8) is 0 Å². The second-order valence-corrected chi connectivity index (χ2v) is 8.06. The molecule has 0 amide bonds. The molecule has 3 aromatic rings.